The zero-order valence-electron chi connectivity index (χ0n) is 11.8. The second-order valence-corrected chi connectivity index (χ2v) is 6.79. The van der Waals surface area contributed by atoms with Crippen molar-refractivity contribution in [3.05, 3.63) is 24.3 Å². The van der Waals surface area contributed by atoms with Crippen LogP contribution >= 0.6 is 11.8 Å². The van der Waals surface area contributed by atoms with E-state index >= 15 is 0 Å². The van der Waals surface area contributed by atoms with E-state index in [1.54, 1.807) is 18.9 Å². The third-order valence-electron chi connectivity index (χ3n) is 4.04. The van der Waals surface area contributed by atoms with Crippen LogP contribution in [0.3, 0.4) is 0 Å². The number of nitrogens with zero attached hydrogens (tertiary/aromatic N) is 1. The number of hydrogen-bond acceptors (Lipinski definition) is 4. The highest BCUT2D eigenvalue weighted by Gasteiger charge is 2.48. The summed E-state index contributed by atoms with van der Waals surface area (Å²) in [6, 6.07) is 11.2. The van der Waals surface area contributed by atoms with Gasteiger partial charge in [0.1, 0.15) is 11.3 Å². The van der Waals surface area contributed by atoms with Crippen LogP contribution in [0.2, 0.25) is 0 Å². The largest absolute Gasteiger partial charge is 0.497 e. The highest BCUT2D eigenvalue weighted by molar-refractivity contribution is 7.99. The van der Waals surface area contributed by atoms with Gasteiger partial charge in [-0.3, -0.25) is 5.32 Å². The molecule has 3 rings (SSSR count). The lowest BCUT2D eigenvalue weighted by molar-refractivity contribution is 0.401. The summed E-state index contributed by atoms with van der Waals surface area (Å²) in [6.45, 7) is 0. The van der Waals surface area contributed by atoms with Gasteiger partial charge in [-0.25, -0.2) is 0 Å². The summed E-state index contributed by atoms with van der Waals surface area (Å²) in [5.74, 6) is 2.25. The van der Waals surface area contributed by atoms with Gasteiger partial charge in [0.15, 0.2) is 0 Å². The van der Waals surface area contributed by atoms with Gasteiger partial charge in [0.05, 0.1) is 13.2 Å². The van der Waals surface area contributed by atoms with E-state index in [0.717, 1.165) is 11.5 Å². The molecular weight excluding hydrogens is 268 g/mol. The third-order valence-corrected chi connectivity index (χ3v) is 5.24. The van der Waals surface area contributed by atoms with Gasteiger partial charge >= 0.3 is 0 Å². The highest BCUT2D eigenvalue weighted by Crippen LogP contribution is 2.43. The molecule has 2 aliphatic rings. The fourth-order valence-corrected chi connectivity index (χ4v) is 3.58. The van der Waals surface area contributed by atoms with Crippen LogP contribution in [0.25, 0.3) is 0 Å². The summed E-state index contributed by atoms with van der Waals surface area (Å²) < 4.78 is 5.17. The second-order valence-electron chi connectivity index (χ2n) is 5.74. The van der Waals surface area contributed by atoms with Crippen molar-refractivity contribution in [3.63, 3.8) is 0 Å². The van der Waals surface area contributed by atoms with Gasteiger partial charge in [-0.2, -0.15) is 5.26 Å². The van der Waals surface area contributed by atoms with Gasteiger partial charge in [0.25, 0.3) is 0 Å². The smallest absolute Gasteiger partial charge is 0.119 e. The SMILES string of the molecule is COc1ccc(SCC(C#N)(NC2CC2)C2CC2)cc1. The Kier molecular flexibility index (Phi) is 3.91. The van der Waals surface area contributed by atoms with Gasteiger partial charge < -0.3 is 4.74 Å². The van der Waals surface area contributed by atoms with Gasteiger partial charge in [-0.1, -0.05) is 0 Å². The lowest BCUT2D eigenvalue weighted by Crippen LogP contribution is -2.49. The van der Waals surface area contributed by atoms with E-state index < -0.39 is 0 Å². The standard InChI is InChI=1S/C16H20N2OS/c1-19-14-6-8-15(9-7-14)20-11-16(10-17,12-2-3-12)18-13-4-5-13/h6-9,12-13,18H,2-5,11H2,1H3. The minimum absolute atomic E-state index is 0.328. The van der Waals surface area contributed by atoms with Crippen molar-refractivity contribution in [1.82, 2.24) is 5.32 Å². The Morgan fingerprint density at radius 3 is 2.50 bits per heavy atom. The molecule has 0 amide bonds. The zero-order chi connectivity index (χ0) is 14.0. The van der Waals surface area contributed by atoms with Crippen LogP contribution in [0.1, 0.15) is 25.7 Å². The number of ether oxygens (including phenoxy) is 1. The van der Waals surface area contributed by atoms with Gasteiger partial charge in [-0.05, 0) is 55.9 Å². The molecule has 2 saturated carbocycles. The topological polar surface area (TPSA) is 45.0 Å². The third kappa shape index (κ3) is 3.11. The molecule has 0 aromatic heterocycles. The molecule has 0 aliphatic heterocycles. The first kappa shape index (κ1) is 13.8. The van der Waals surface area contributed by atoms with E-state index in [0.29, 0.717) is 12.0 Å². The van der Waals surface area contributed by atoms with Crippen LogP contribution in [-0.4, -0.2) is 24.4 Å². The lowest BCUT2D eigenvalue weighted by atomic mass is 9.97. The number of nitriles is 1. The Labute approximate surface area is 124 Å². The number of methoxy groups -OCH3 is 1. The summed E-state index contributed by atoms with van der Waals surface area (Å²) in [4.78, 5) is 1.20. The molecule has 1 aromatic rings. The van der Waals surface area contributed by atoms with E-state index in [4.69, 9.17) is 4.74 Å². The highest BCUT2D eigenvalue weighted by atomic mass is 32.2. The maximum atomic E-state index is 9.68. The molecule has 0 saturated heterocycles. The Morgan fingerprint density at radius 2 is 2.00 bits per heavy atom. The number of benzene rings is 1. The van der Waals surface area contributed by atoms with Crippen LogP contribution in [0.5, 0.6) is 5.75 Å². The molecule has 106 valence electrons. The van der Waals surface area contributed by atoms with E-state index in [2.05, 4.69) is 23.5 Å². The summed E-state index contributed by atoms with van der Waals surface area (Å²) in [7, 11) is 1.68. The predicted octanol–water partition coefficient (Wildman–Crippen LogP) is 3.21. The average molecular weight is 288 g/mol. The van der Waals surface area contributed by atoms with Crippen molar-refractivity contribution < 1.29 is 4.74 Å². The molecule has 0 spiro atoms. The van der Waals surface area contributed by atoms with Crippen LogP contribution < -0.4 is 10.1 Å². The maximum absolute atomic E-state index is 9.68. The first-order valence-corrected chi connectivity index (χ1v) is 8.20. The molecule has 1 unspecified atom stereocenters. The Balaban J connectivity index is 1.65. The van der Waals surface area contributed by atoms with Crippen molar-refractivity contribution in [2.24, 2.45) is 5.92 Å². The van der Waals surface area contributed by atoms with E-state index in [1.165, 1.54) is 30.6 Å². The Morgan fingerprint density at radius 1 is 1.30 bits per heavy atom. The molecular formula is C16H20N2OS. The molecule has 2 aliphatic carbocycles. The van der Waals surface area contributed by atoms with Gasteiger partial charge in [-0.15, -0.1) is 11.8 Å². The number of rotatable bonds is 7. The molecule has 0 bridgehead atoms. The fourth-order valence-electron chi connectivity index (χ4n) is 2.47. The lowest BCUT2D eigenvalue weighted by Gasteiger charge is -2.27. The fraction of sp³-hybridized carbons (Fsp3) is 0.562. The molecule has 1 N–H and O–H groups in total. The van der Waals surface area contributed by atoms with Crippen LogP contribution in [-0.2, 0) is 0 Å². The number of thioether (sulfide) groups is 1. The Bertz CT molecular complexity index is 502. The minimum atomic E-state index is -0.328. The van der Waals surface area contributed by atoms with E-state index in [-0.39, 0.29) is 5.54 Å². The molecule has 0 radical (unpaired) electrons. The van der Waals surface area contributed by atoms with Crippen molar-refractivity contribution in [3.8, 4) is 11.8 Å². The minimum Gasteiger partial charge on any atom is -0.497 e. The number of hydrogen-bond donors (Lipinski definition) is 1. The zero-order valence-corrected chi connectivity index (χ0v) is 12.6. The first-order valence-electron chi connectivity index (χ1n) is 7.21. The summed E-state index contributed by atoms with van der Waals surface area (Å²) in [6.07, 6.45) is 4.83. The predicted molar refractivity (Wildman–Crippen MR) is 80.9 cm³/mol. The number of nitrogens with one attached hydrogen (secondary N) is 1. The van der Waals surface area contributed by atoms with Crippen molar-refractivity contribution in [1.29, 1.82) is 5.26 Å². The molecule has 4 heteroatoms. The molecule has 2 fully saturated rings. The quantitative estimate of drug-likeness (QED) is 0.783. The van der Waals surface area contributed by atoms with Crippen molar-refractivity contribution in [2.45, 2.75) is 42.2 Å². The van der Waals surface area contributed by atoms with Gasteiger partial charge in [0.2, 0.25) is 0 Å². The van der Waals surface area contributed by atoms with E-state index in [1.807, 2.05) is 12.1 Å². The normalized spacial score (nSPS) is 21.0. The summed E-state index contributed by atoms with van der Waals surface area (Å²) in [5, 5.41) is 13.3. The van der Waals surface area contributed by atoms with Crippen molar-refractivity contribution in [2.75, 3.05) is 12.9 Å². The molecule has 1 atom stereocenters. The molecule has 20 heavy (non-hydrogen) atoms. The summed E-state index contributed by atoms with van der Waals surface area (Å²) >= 11 is 1.77. The molecule has 0 heterocycles. The van der Waals surface area contributed by atoms with Crippen LogP contribution in [0.15, 0.2) is 29.2 Å². The van der Waals surface area contributed by atoms with E-state index in [9.17, 15) is 5.26 Å². The second kappa shape index (κ2) is 5.67. The summed E-state index contributed by atoms with van der Waals surface area (Å²) in [5.41, 5.74) is -0.328. The molecule has 1 aromatic carbocycles. The van der Waals surface area contributed by atoms with Gasteiger partial charge in [0, 0.05) is 16.7 Å². The first-order chi connectivity index (χ1) is 9.75. The Hall–Kier alpha value is -1.18. The monoisotopic (exact) mass is 288 g/mol. The van der Waals surface area contributed by atoms with Crippen LogP contribution in [0, 0.1) is 17.2 Å². The maximum Gasteiger partial charge on any atom is 0.119 e. The van der Waals surface area contributed by atoms with Crippen LogP contribution in [0.4, 0.5) is 0 Å². The average Bonchev–Trinajstić information content (AvgIpc) is 3.37. The van der Waals surface area contributed by atoms with Crippen molar-refractivity contribution >= 4 is 11.8 Å². The molecule has 3 nitrogen and oxygen atoms in total.